The van der Waals surface area contributed by atoms with Crippen LogP contribution in [0.25, 0.3) is 22.2 Å². The number of hydrogen-bond acceptors (Lipinski definition) is 7. The number of amides is 2. The van der Waals surface area contributed by atoms with Crippen LogP contribution in [-0.4, -0.2) is 47.1 Å². The van der Waals surface area contributed by atoms with Crippen LogP contribution >= 0.6 is 0 Å². The molecule has 9 heteroatoms. The third-order valence-electron chi connectivity index (χ3n) is 6.19. The van der Waals surface area contributed by atoms with Crippen molar-refractivity contribution in [1.29, 1.82) is 0 Å². The molecule has 9 nitrogen and oxygen atoms in total. The van der Waals surface area contributed by atoms with E-state index in [1.807, 2.05) is 41.7 Å². The number of carbonyl (C=O) groups excluding carboxylic acids is 2. The van der Waals surface area contributed by atoms with Gasteiger partial charge in [0.2, 0.25) is 0 Å². The molecule has 198 valence electrons. The number of imide groups is 1. The van der Waals surface area contributed by atoms with Crippen LogP contribution in [0.15, 0.2) is 60.7 Å². The molecular weight excluding hydrogens is 486 g/mol. The van der Waals surface area contributed by atoms with Gasteiger partial charge < -0.3 is 19.3 Å². The van der Waals surface area contributed by atoms with Crippen molar-refractivity contribution < 1.29 is 28.9 Å². The molecule has 0 bridgehead atoms. The zero-order chi connectivity index (χ0) is 27.3. The minimum atomic E-state index is -1.82. The summed E-state index contributed by atoms with van der Waals surface area (Å²) in [4.78, 5) is 23.6. The number of nitrogens with zero attached hydrogens (tertiary/aromatic N) is 1. The molecule has 0 unspecified atom stereocenters. The molecule has 0 fully saturated rings. The summed E-state index contributed by atoms with van der Waals surface area (Å²) in [5.74, 6) is 1.19. The molecule has 38 heavy (non-hydrogen) atoms. The number of carbonyl (C=O) groups is 2. The van der Waals surface area contributed by atoms with Gasteiger partial charge in [-0.2, -0.15) is 5.10 Å². The Labute approximate surface area is 220 Å². The lowest BCUT2D eigenvalue weighted by molar-refractivity contribution is -0.137. The lowest BCUT2D eigenvalue weighted by atomic mass is 9.95. The van der Waals surface area contributed by atoms with Gasteiger partial charge in [0.1, 0.15) is 22.8 Å². The number of benzene rings is 3. The third-order valence-corrected chi connectivity index (χ3v) is 6.19. The fourth-order valence-corrected chi connectivity index (χ4v) is 4.24. The number of aromatic nitrogens is 2. The van der Waals surface area contributed by atoms with Crippen LogP contribution in [0.2, 0.25) is 0 Å². The Balaban J connectivity index is 1.57. The molecule has 4 rings (SSSR count). The van der Waals surface area contributed by atoms with Gasteiger partial charge in [-0.05, 0) is 66.9 Å². The van der Waals surface area contributed by atoms with E-state index in [9.17, 15) is 14.7 Å². The average Bonchev–Trinajstić information content (AvgIpc) is 3.33. The monoisotopic (exact) mass is 517 g/mol. The first-order valence-electron chi connectivity index (χ1n) is 12.3. The second-order valence-electron chi connectivity index (χ2n) is 9.20. The van der Waals surface area contributed by atoms with E-state index >= 15 is 0 Å². The van der Waals surface area contributed by atoms with Crippen molar-refractivity contribution in [3.63, 3.8) is 0 Å². The minimum Gasteiger partial charge on any atom is -0.497 e. The number of methoxy groups -OCH3 is 2. The fraction of sp³-hybridized carbons (Fsp3) is 0.276. The summed E-state index contributed by atoms with van der Waals surface area (Å²) in [6.07, 6.45) is 0.782. The van der Waals surface area contributed by atoms with E-state index in [0.29, 0.717) is 17.1 Å². The van der Waals surface area contributed by atoms with E-state index in [-0.39, 0.29) is 6.42 Å². The lowest BCUT2D eigenvalue weighted by Gasteiger charge is -2.22. The number of aliphatic hydroxyl groups is 1. The van der Waals surface area contributed by atoms with E-state index in [1.165, 1.54) is 6.92 Å². The Bertz CT molecular complexity index is 1460. The Morgan fingerprint density at radius 2 is 1.87 bits per heavy atom. The van der Waals surface area contributed by atoms with Gasteiger partial charge in [-0.3, -0.25) is 15.2 Å². The van der Waals surface area contributed by atoms with Gasteiger partial charge in [-0.1, -0.05) is 25.5 Å². The van der Waals surface area contributed by atoms with Crippen molar-refractivity contribution in [2.75, 3.05) is 14.2 Å². The van der Waals surface area contributed by atoms with Gasteiger partial charge in [0.15, 0.2) is 0 Å². The van der Waals surface area contributed by atoms with Gasteiger partial charge in [0.25, 0.3) is 5.91 Å². The number of hydrogen-bond donors (Lipinski definition) is 3. The van der Waals surface area contributed by atoms with Gasteiger partial charge in [0.05, 0.1) is 25.4 Å². The Morgan fingerprint density at radius 3 is 2.61 bits per heavy atom. The van der Waals surface area contributed by atoms with Crippen molar-refractivity contribution in [3.05, 3.63) is 71.8 Å². The van der Waals surface area contributed by atoms with Crippen LogP contribution in [0.3, 0.4) is 0 Å². The zero-order valence-electron chi connectivity index (χ0n) is 21.8. The van der Waals surface area contributed by atoms with E-state index in [0.717, 1.165) is 53.4 Å². The average molecular weight is 518 g/mol. The van der Waals surface area contributed by atoms with Crippen molar-refractivity contribution >= 4 is 22.9 Å². The summed E-state index contributed by atoms with van der Waals surface area (Å²) in [6.45, 7) is 3.44. The number of rotatable bonds is 9. The molecule has 0 saturated carbocycles. The number of nitrogens with one attached hydrogen (secondary N) is 2. The van der Waals surface area contributed by atoms with Gasteiger partial charge in [-0.15, -0.1) is 0 Å². The van der Waals surface area contributed by atoms with Crippen LogP contribution in [0.1, 0.15) is 31.4 Å². The van der Waals surface area contributed by atoms with Gasteiger partial charge in [0, 0.05) is 23.4 Å². The standard InChI is InChI=1S/C29H31N3O6/c1-5-7-19-15-20(26-23-12-11-21(36-3)16-24(23)31-32-26)10-13-25(19)38-22-9-6-8-18(14-22)17-29(2,35)27(33)30-28(34)37-4/h6,8-16,35H,5,7,17H2,1-4H3,(H,31,32)(H,30,33,34)/t29-/m1/s1. The maximum Gasteiger partial charge on any atom is 0.413 e. The highest BCUT2D eigenvalue weighted by Gasteiger charge is 2.32. The maximum atomic E-state index is 12.3. The summed E-state index contributed by atoms with van der Waals surface area (Å²) in [7, 11) is 2.78. The Kier molecular flexibility index (Phi) is 7.97. The second-order valence-corrected chi connectivity index (χ2v) is 9.20. The number of fused-ring (bicyclic) bond motifs is 1. The molecule has 2 amide bonds. The molecule has 1 heterocycles. The summed E-state index contributed by atoms with van der Waals surface area (Å²) >= 11 is 0. The molecule has 1 aromatic heterocycles. The molecule has 0 aliphatic heterocycles. The highest BCUT2D eigenvalue weighted by Crippen LogP contribution is 2.34. The molecular formula is C29H31N3O6. The largest absolute Gasteiger partial charge is 0.497 e. The topological polar surface area (TPSA) is 123 Å². The van der Waals surface area contributed by atoms with E-state index < -0.39 is 17.6 Å². The number of H-pyrrole nitrogens is 1. The maximum absolute atomic E-state index is 12.3. The van der Waals surface area contributed by atoms with E-state index in [1.54, 1.807) is 25.3 Å². The van der Waals surface area contributed by atoms with Crippen LogP contribution in [-0.2, 0) is 22.4 Å². The lowest BCUT2D eigenvalue weighted by Crippen LogP contribution is -2.48. The number of aromatic amines is 1. The molecule has 3 N–H and O–H groups in total. The molecule has 0 aliphatic carbocycles. The zero-order valence-corrected chi connectivity index (χ0v) is 21.8. The number of aryl methyl sites for hydroxylation is 1. The summed E-state index contributed by atoms with van der Waals surface area (Å²) in [6, 6.07) is 18.9. The highest BCUT2D eigenvalue weighted by molar-refractivity contribution is 5.96. The molecule has 3 aromatic carbocycles. The van der Waals surface area contributed by atoms with Crippen molar-refractivity contribution in [2.45, 2.75) is 38.7 Å². The molecule has 0 aliphatic rings. The summed E-state index contributed by atoms with van der Waals surface area (Å²) < 4.78 is 16.0. The molecule has 4 aromatic rings. The van der Waals surface area contributed by atoms with Crippen LogP contribution in [0.5, 0.6) is 17.2 Å². The minimum absolute atomic E-state index is 0.0230. The van der Waals surface area contributed by atoms with Crippen LogP contribution < -0.4 is 14.8 Å². The van der Waals surface area contributed by atoms with Crippen molar-refractivity contribution in [2.24, 2.45) is 0 Å². The third kappa shape index (κ3) is 5.95. The Morgan fingerprint density at radius 1 is 1.05 bits per heavy atom. The number of ether oxygens (including phenoxy) is 3. The normalized spacial score (nSPS) is 12.6. The molecule has 0 spiro atoms. The van der Waals surface area contributed by atoms with E-state index in [2.05, 4.69) is 27.9 Å². The first-order chi connectivity index (χ1) is 18.2. The van der Waals surface area contributed by atoms with Crippen LogP contribution in [0, 0.1) is 0 Å². The van der Waals surface area contributed by atoms with Crippen molar-refractivity contribution in [1.82, 2.24) is 15.5 Å². The summed E-state index contributed by atoms with van der Waals surface area (Å²) in [5.41, 5.74) is 2.59. The first kappa shape index (κ1) is 26.7. The Hall–Kier alpha value is -4.37. The van der Waals surface area contributed by atoms with E-state index in [4.69, 9.17) is 9.47 Å². The predicted octanol–water partition coefficient (Wildman–Crippen LogP) is 5.16. The molecule has 0 saturated heterocycles. The van der Waals surface area contributed by atoms with Crippen molar-refractivity contribution in [3.8, 4) is 28.5 Å². The highest BCUT2D eigenvalue weighted by atomic mass is 16.5. The van der Waals surface area contributed by atoms with Gasteiger partial charge >= 0.3 is 6.09 Å². The summed E-state index contributed by atoms with van der Waals surface area (Å²) in [5, 5.41) is 21.2. The molecule has 0 radical (unpaired) electrons. The quantitative estimate of drug-likeness (QED) is 0.280. The second kappa shape index (κ2) is 11.4. The van der Waals surface area contributed by atoms with Crippen LogP contribution in [0.4, 0.5) is 4.79 Å². The fourth-order valence-electron chi connectivity index (χ4n) is 4.24. The SMILES string of the molecule is CCCc1cc(-c2n[nH]c3cc(OC)ccc23)ccc1Oc1cccc(C[C@@](C)(O)C(=O)NC(=O)OC)c1. The number of alkyl carbamates (subject to hydrolysis) is 1. The predicted molar refractivity (Wildman–Crippen MR) is 143 cm³/mol. The smallest absolute Gasteiger partial charge is 0.413 e. The first-order valence-corrected chi connectivity index (χ1v) is 12.3. The molecule has 1 atom stereocenters. The van der Waals surface area contributed by atoms with Gasteiger partial charge in [-0.25, -0.2) is 4.79 Å².